The highest BCUT2D eigenvalue weighted by molar-refractivity contribution is 6.06. The standard InChI is InChI=1S/C27H26FN7O3/c1-38-22-12-6-19(7-13-22)27(37)29-24-5-3-2-4-23(24)26-30-32-35(31-26)18-25(36)34-16-14-33(15-17-34)21-10-8-20(28)9-11-21/h2-13H,14-18H2,1H3,(H,29,37). The Morgan fingerprint density at radius 2 is 1.66 bits per heavy atom. The van der Waals surface area contributed by atoms with Crippen molar-refractivity contribution in [2.24, 2.45) is 0 Å². The van der Waals surface area contributed by atoms with E-state index in [0.717, 1.165) is 5.69 Å². The number of hydrogen-bond donors (Lipinski definition) is 1. The topological polar surface area (TPSA) is 105 Å². The molecule has 194 valence electrons. The second-order valence-electron chi connectivity index (χ2n) is 8.72. The molecular weight excluding hydrogens is 489 g/mol. The van der Waals surface area contributed by atoms with Gasteiger partial charge in [0, 0.05) is 43.0 Å². The number of anilines is 2. The summed E-state index contributed by atoms with van der Waals surface area (Å²) in [7, 11) is 1.56. The van der Waals surface area contributed by atoms with Gasteiger partial charge in [-0.1, -0.05) is 12.1 Å². The lowest BCUT2D eigenvalue weighted by Crippen LogP contribution is -2.49. The summed E-state index contributed by atoms with van der Waals surface area (Å²) in [6.45, 7) is 2.32. The fourth-order valence-electron chi connectivity index (χ4n) is 4.23. The minimum Gasteiger partial charge on any atom is -0.497 e. The average molecular weight is 516 g/mol. The SMILES string of the molecule is COc1ccc(C(=O)Nc2ccccc2-c2nnn(CC(=O)N3CCN(c4ccc(F)cc4)CC3)n2)cc1. The number of ether oxygens (including phenoxy) is 1. The molecule has 0 aliphatic carbocycles. The summed E-state index contributed by atoms with van der Waals surface area (Å²) >= 11 is 0. The largest absolute Gasteiger partial charge is 0.497 e. The van der Waals surface area contributed by atoms with E-state index >= 15 is 0 Å². The van der Waals surface area contributed by atoms with Gasteiger partial charge >= 0.3 is 0 Å². The predicted molar refractivity (Wildman–Crippen MR) is 139 cm³/mol. The van der Waals surface area contributed by atoms with E-state index in [-0.39, 0.29) is 24.2 Å². The van der Waals surface area contributed by atoms with Crippen molar-refractivity contribution in [1.82, 2.24) is 25.1 Å². The zero-order valence-corrected chi connectivity index (χ0v) is 20.7. The van der Waals surface area contributed by atoms with Gasteiger partial charge in [-0.2, -0.15) is 4.80 Å². The fourth-order valence-corrected chi connectivity index (χ4v) is 4.23. The van der Waals surface area contributed by atoms with Crippen molar-refractivity contribution in [1.29, 1.82) is 0 Å². The normalized spacial score (nSPS) is 13.3. The summed E-state index contributed by atoms with van der Waals surface area (Å²) in [5.74, 6) is 0.275. The first-order chi connectivity index (χ1) is 18.5. The number of carbonyl (C=O) groups is 2. The molecule has 4 aromatic rings. The van der Waals surface area contributed by atoms with Crippen molar-refractivity contribution >= 4 is 23.2 Å². The molecule has 5 rings (SSSR count). The minimum atomic E-state index is -0.289. The molecule has 0 spiro atoms. The Balaban J connectivity index is 1.21. The molecule has 11 heteroatoms. The Kier molecular flexibility index (Phi) is 7.25. The second kappa shape index (κ2) is 11.1. The number of amides is 2. The van der Waals surface area contributed by atoms with Crippen LogP contribution in [0, 0.1) is 5.82 Å². The Hall–Kier alpha value is -4.80. The van der Waals surface area contributed by atoms with Gasteiger partial charge in [-0.25, -0.2) is 4.39 Å². The molecule has 0 radical (unpaired) electrons. The lowest BCUT2D eigenvalue weighted by atomic mass is 10.1. The highest BCUT2D eigenvalue weighted by atomic mass is 19.1. The van der Waals surface area contributed by atoms with E-state index in [2.05, 4.69) is 25.6 Å². The number of halogens is 1. The van der Waals surface area contributed by atoms with Crippen molar-refractivity contribution in [3.63, 3.8) is 0 Å². The maximum atomic E-state index is 13.2. The maximum absolute atomic E-state index is 13.2. The number of aromatic nitrogens is 4. The summed E-state index contributed by atoms with van der Waals surface area (Å²) in [6, 6.07) is 20.3. The molecule has 1 saturated heterocycles. The first-order valence-corrected chi connectivity index (χ1v) is 12.1. The van der Waals surface area contributed by atoms with Crippen LogP contribution in [0.4, 0.5) is 15.8 Å². The molecule has 2 heterocycles. The van der Waals surface area contributed by atoms with E-state index < -0.39 is 0 Å². The van der Waals surface area contributed by atoms with Crippen molar-refractivity contribution in [2.75, 3.05) is 43.5 Å². The number of carbonyl (C=O) groups excluding carboxylic acids is 2. The van der Waals surface area contributed by atoms with Crippen LogP contribution in [0.25, 0.3) is 11.4 Å². The third-order valence-corrected chi connectivity index (χ3v) is 6.32. The molecule has 0 unspecified atom stereocenters. The summed E-state index contributed by atoms with van der Waals surface area (Å²) in [5, 5.41) is 15.4. The van der Waals surface area contributed by atoms with Crippen LogP contribution in [-0.4, -0.2) is 70.2 Å². The molecule has 0 saturated carbocycles. The fraction of sp³-hybridized carbons (Fsp3) is 0.222. The van der Waals surface area contributed by atoms with Crippen LogP contribution in [0.1, 0.15) is 10.4 Å². The number of nitrogens with zero attached hydrogens (tertiary/aromatic N) is 6. The van der Waals surface area contributed by atoms with E-state index in [1.54, 1.807) is 66.6 Å². The van der Waals surface area contributed by atoms with E-state index in [9.17, 15) is 14.0 Å². The lowest BCUT2D eigenvalue weighted by Gasteiger charge is -2.36. The number of hydrogen-bond acceptors (Lipinski definition) is 7. The van der Waals surface area contributed by atoms with Crippen LogP contribution in [-0.2, 0) is 11.3 Å². The maximum Gasteiger partial charge on any atom is 0.255 e. The zero-order chi connectivity index (χ0) is 26.5. The number of benzene rings is 3. The first-order valence-electron chi connectivity index (χ1n) is 12.1. The van der Waals surface area contributed by atoms with Gasteiger partial charge in [-0.15, -0.1) is 10.2 Å². The molecule has 1 N–H and O–H groups in total. The first kappa shape index (κ1) is 24.9. The van der Waals surface area contributed by atoms with E-state index in [0.29, 0.717) is 54.6 Å². The highest BCUT2D eigenvalue weighted by Crippen LogP contribution is 2.25. The van der Waals surface area contributed by atoms with Crippen LogP contribution in [0.15, 0.2) is 72.8 Å². The molecule has 1 aliphatic rings. The van der Waals surface area contributed by atoms with Gasteiger partial charge in [0.25, 0.3) is 5.91 Å². The third kappa shape index (κ3) is 5.61. The van der Waals surface area contributed by atoms with E-state index in [4.69, 9.17) is 4.74 Å². The molecule has 3 aromatic carbocycles. The number of para-hydroxylation sites is 1. The molecule has 2 amide bonds. The number of piperazine rings is 1. The van der Waals surface area contributed by atoms with Gasteiger partial charge in [-0.05, 0) is 65.9 Å². The second-order valence-corrected chi connectivity index (χ2v) is 8.72. The Morgan fingerprint density at radius 1 is 0.947 bits per heavy atom. The summed E-state index contributed by atoms with van der Waals surface area (Å²) in [4.78, 5) is 30.8. The molecule has 1 aliphatic heterocycles. The number of nitrogens with one attached hydrogen (secondary N) is 1. The molecule has 1 fully saturated rings. The molecule has 0 bridgehead atoms. The average Bonchev–Trinajstić information content (AvgIpc) is 3.42. The minimum absolute atomic E-state index is 0.0517. The molecule has 0 atom stereocenters. The van der Waals surface area contributed by atoms with Crippen molar-refractivity contribution < 1.29 is 18.7 Å². The third-order valence-electron chi connectivity index (χ3n) is 6.32. The van der Waals surface area contributed by atoms with Crippen LogP contribution < -0.4 is 15.0 Å². The smallest absolute Gasteiger partial charge is 0.255 e. The van der Waals surface area contributed by atoms with Gasteiger partial charge in [-0.3, -0.25) is 9.59 Å². The van der Waals surface area contributed by atoms with Gasteiger partial charge < -0.3 is 19.9 Å². The number of rotatable bonds is 7. The highest BCUT2D eigenvalue weighted by Gasteiger charge is 2.23. The summed E-state index contributed by atoms with van der Waals surface area (Å²) in [5.41, 5.74) is 2.51. The summed E-state index contributed by atoms with van der Waals surface area (Å²) in [6.07, 6.45) is 0. The van der Waals surface area contributed by atoms with Crippen LogP contribution in [0.5, 0.6) is 5.75 Å². The Bertz CT molecular complexity index is 1420. The quantitative estimate of drug-likeness (QED) is 0.403. The lowest BCUT2D eigenvalue weighted by molar-refractivity contribution is -0.132. The van der Waals surface area contributed by atoms with Gasteiger partial charge in [0.05, 0.1) is 12.8 Å². The predicted octanol–water partition coefficient (Wildman–Crippen LogP) is 3.09. The van der Waals surface area contributed by atoms with Gasteiger partial charge in [0.1, 0.15) is 18.1 Å². The Morgan fingerprint density at radius 3 is 2.37 bits per heavy atom. The van der Waals surface area contributed by atoms with E-state index in [1.165, 1.54) is 16.9 Å². The molecule has 1 aromatic heterocycles. The zero-order valence-electron chi connectivity index (χ0n) is 20.7. The number of methoxy groups -OCH3 is 1. The molecule has 38 heavy (non-hydrogen) atoms. The molecule has 10 nitrogen and oxygen atoms in total. The van der Waals surface area contributed by atoms with Crippen molar-refractivity contribution in [3.8, 4) is 17.1 Å². The monoisotopic (exact) mass is 515 g/mol. The Labute approximate surface area is 218 Å². The van der Waals surface area contributed by atoms with Crippen molar-refractivity contribution in [2.45, 2.75) is 6.54 Å². The van der Waals surface area contributed by atoms with Crippen LogP contribution >= 0.6 is 0 Å². The van der Waals surface area contributed by atoms with E-state index in [1.807, 2.05) is 6.07 Å². The van der Waals surface area contributed by atoms with Gasteiger partial charge in [0.15, 0.2) is 0 Å². The van der Waals surface area contributed by atoms with Crippen molar-refractivity contribution in [3.05, 3.63) is 84.2 Å². The number of tetrazole rings is 1. The summed E-state index contributed by atoms with van der Waals surface area (Å²) < 4.78 is 18.3. The van der Waals surface area contributed by atoms with Crippen LogP contribution in [0.3, 0.4) is 0 Å². The van der Waals surface area contributed by atoms with Gasteiger partial charge in [0.2, 0.25) is 11.7 Å². The molecular formula is C27H26FN7O3. The van der Waals surface area contributed by atoms with Crippen LogP contribution in [0.2, 0.25) is 0 Å².